The van der Waals surface area contributed by atoms with Gasteiger partial charge in [0, 0.05) is 22.7 Å². The third-order valence-electron chi connectivity index (χ3n) is 3.09. The minimum Gasteiger partial charge on any atom is -0.452 e. The highest BCUT2D eigenvalue weighted by Crippen LogP contribution is 2.23. The fourth-order valence-electron chi connectivity index (χ4n) is 1.86. The zero-order chi connectivity index (χ0) is 18.4. The summed E-state index contributed by atoms with van der Waals surface area (Å²) in [5.74, 6) is -1.28. The Morgan fingerprint density at radius 2 is 1.92 bits per heavy atom. The van der Waals surface area contributed by atoms with Crippen LogP contribution in [0.5, 0.6) is 0 Å². The molecule has 0 aliphatic rings. The molecule has 0 saturated carbocycles. The minimum atomic E-state index is -0.709. The molecule has 0 bridgehead atoms. The maximum Gasteiger partial charge on any atom is 0.340 e. The third-order valence-corrected chi connectivity index (χ3v) is 4.14. The number of amides is 1. The van der Waals surface area contributed by atoms with Crippen molar-refractivity contribution in [3.63, 3.8) is 0 Å². The van der Waals surface area contributed by atoms with Crippen molar-refractivity contribution in [3.8, 4) is 0 Å². The summed E-state index contributed by atoms with van der Waals surface area (Å²) in [6.45, 7) is -0.504. The van der Waals surface area contributed by atoms with Gasteiger partial charge >= 0.3 is 5.97 Å². The van der Waals surface area contributed by atoms with Crippen molar-refractivity contribution in [1.82, 2.24) is 0 Å². The highest BCUT2D eigenvalue weighted by Gasteiger charge is 2.15. The highest BCUT2D eigenvalue weighted by molar-refractivity contribution is 7.98. The minimum absolute atomic E-state index is 0.0901. The second kappa shape index (κ2) is 8.50. The molecule has 0 unspecified atom stereocenters. The number of benzene rings is 2. The molecular weight excluding hydrogens is 368 g/mol. The van der Waals surface area contributed by atoms with Gasteiger partial charge in [0.2, 0.25) is 0 Å². The first-order chi connectivity index (χ1) is 11.9. The van der Waals surface area contributed by atoms with Crippen LogP contribution in [0.25, 0.3) is 0 Å². The number of halogens is 1. The number of hydrogen-bond donors (Lipinski definition) is 1. The number of non-ortho nitro benzene ring substituents is 1. The SMILES string of the molecule is CSc1ccc(Cl)c(C(=O)OCC(=O)Nc2ccc([N+](=O)[O-])cc2)c1. The standard InChI is InChI=1S/C16H13ClN2O5S/c1-25-12-6-7-14(17)13(8-12)16(21)24-9-15(20)18-10-2-4-11(5-3-10)19(22)23/h2-8H,9H2,1H3,(H,18,20). The molecule has 0 fully saturated rings. The predicted octanol–water partition coefficient (Wildman–Crippen LogP) is 3.77. The number of nitrogens with zero attached hydrogens (tertiary/aromatic N) is 1. The first-order valence-electron chi connectivity index (χ1n) is 6.95. The molecule has 9 heteroatoms. The number of nitro groups is 1. The van der Waals surface area contributed by atoms with Gasteiger partial charge in [0.1, 0.15) is 0 Å². The number of carbonyl (C=O) groups excluding carboxylic acids is 2. The van der Waals surface area contributed by atoms with Gasteiger partial charge in [0.15, 0.2) is 6.61 Å². The van der Waals surface area contributed by atoms with Crippen molar-refractivity contribution in [2.75, 3.05) is 18.2 Å². The van der Waals surface area contributed by atoms with Crippen LogP contribution in [-0.4, -0.2) is 29.7 Å². The van der Waals surface area contributed by atoms with Gasteiger partial charge in [-0.1, -0.05) is 11.6 Å². The normalized spacial score (nSPS) is 10.2. The molecule has 2 aromatic carbocycles. The second-order valence-electron chi connectivity index (χ2n) is 4.77. The summed E-state index contributed by atoms with van der Waals surface area (Å²) in [7, 11) is 0. The van der Waals surface area contributed by atoms with E-state index in [9.17, 15) is 19.7 Å². The van der Waals surface area contributed by atoms with E-state index >= 15 is 0 Å². The Labute approximate surface area is 152 Å². The number of esters is 1. The molecule has 2 rings (SSSR count). The molecule has 0 spiro atoms. The Balaban J connectivity index is 1.93. The third kappa shape index (κ3) is 5.20. The maximum atomic E-state index is 12.0. The van der Waals surface area contributed by atoms with E-state index < -0.39 is 23.4 Å². The summed E-state index contributed by atoms with van der Waals surface area (Å²) in [5.41, 5.74) is 0.443. The molecule has 0 aliphatic heterocycles. The Morgan fingerprint density at radius 1 is 1.24 bits per heavy atom. The average molecular weight is 381 g/mol. The van der Waals surface area contributed by atoms with E-state index in [2.05, 4.69) is 5.32 Å². The highest BCUT2D eigenvalue weighted by atomic mass is 35.5. The van der Waals surface area contributed by atoms with Gasteiger partial charge < -0.3 is 10.1 Å². The van der Waals surface area contributed by atoms with Crippen molar-refractivity contribution in [2.24, 2.45) is 0 Å². The van der Waals surface area contributed by atoms with Crippen molar-refractivity contribution in [2.45, 2.75) is 4.90 Å². The molecule has 0 radical (unpaired) electrons. The van der Waals surface area contributed by atoms with Crippen molar-refractivity contribution in [1.29, 1.82) is 0 Å². The molecule has 1 amide bonds. The van der Waals surface area contributed by atoms with E-state index in [1.807, 2.05) is 6.26 Å². The topological polar surface area (TPSA) is 98.5 Å². The van der Waals surface area contributed by atoms with E-state index in [1.54, 1.807) is 18.2 Å². The predicted molar refractivity (Wildman–Crippen MR) is 95.2 cm³/mol. The fraction of sp³-hybridized carbons (Fsp3) is 0.125. The molecule has 0 saturated heterocycles. The van der Waals surface area contributed by atoms with Gasteiger partial charge in [-0.2, -0.15) is 0 Å². The summed E-state index contributed by atoms with van der Waals surface area (Å²) < 4.78 is 4.95. The van der Waals surface area contributed by atoms with E-state index in [0.717, 1.165) is 4.90 Å². The largest absolute Gasteiger partial charge is 0.452 e. The zero-order valence-electron chi connectivity index (χ0n) is 13.0. The molecule has 0 aliphatic carbocycles. The lowest BCUT2D eigenvalue weighted by atomic mass is 10.2. The Bertz CT molecular complexity index is 811. The molecule has 2 aromatic rings. The number of nitro benzene ring substituents is 1. The summed E-state index contributed by atoms with van der Waals surface area (Å²) >= 11 is 7.41. The monoisotopic (exact) mass is 380 g/mol. The molecule has 0 aromatic heterocycles. The number of anilines is 1. The van der Waals surface area contributed by atoms with E-state index in [4.69, 9.17) is 16.3 Å². The van der Waals surface area contributed by atoms with E-state index in [-0.39, 0.29) is 16.3 Å². The first-order valence-corrected chi connectivity index (χ1v) is 8.56. The van der Waals surface area contributed by atoms with Crippen LogP contribution in [0.1, 0.15) is 10.4 Å². The van der Waals surface area contributed by atoms with E-state index in [1.165, 1.54) is 36.0 Å². The number of rotatable bonds is 6. The van der Waals surface area contributed by atoms with Crippen LogP contribution in [0, 0.1) is 10.1 Å². The smallest absolute Gasteiger partial charge is 0.340 e. The maximum absolute atomic E-state index is 12.0. The zero-order valence-corrected chi connectivity index (χ0v) is 14.6. The summed E-state index contributed by atoms with van der Waals surface area (Å²) in [5, 5.41) is 13.3. The van der Waals surface area contributed by atoms with Crippen LogP contribution in [0.15, 0.2) is 47.4 Å². The number of carbonyl (C=O) groups is 2. The first kappa shape index (κ1) is 18.8. The lowest BCUT2D eigenvalue weighted by Gasteiger charge is -2.08. The number of ether oxygens (including phenoxy) is 1. The van der Waals surface area contributed by atoms with Crippen LogP contribution >= 0.6 is 23.4 Å². The molecule has 0 atom stereocenters. The van der Waals surface area contributed by atoms with Crippen LogP contribution in [0.4, 0.5) is 11.4 Å². The second-order valence-corrected chi connectivity index (χ2v) is 6.06. The fourth-order valence-corrected chi connectivity index (χ4v) is 2.49. The van der Waals surface area contributed by atoms with Gasteiger partial charge in [-0.05, 0) is 36.6 Å². The van der Waals surface area contributed by atoms with Crippen molar-refractivity contribution in [3.05, 3.63) is 63.2 Å². The van der Waals surface area contributed by atoms with Crippen LogP contribution in [0.2, 0.25) is 5.02 Å². The lowest BCUT2D eigenvalue weighted by molar-refractivity contribution is -0.384. The molecule has 130 valence electrons. The lowest BCUT2D eigenvalue weighted by Crippen LogP contribution is -2.21. The number of nitrogens with one attached hydrogen (secondary N) is 1. The van der Waals surface area contributed by atoms with Gasteiger partial charge in [-0.15, -0.1) is 11.8 Å². The Kier molecular flexibility index (Phi) is 6.37. The van der Waals surface area contributed by atoms with Crippen molar-refractivity contribution < 1.29 is 19.2 Å². The molecular formula is C16H13ClN2O5S. The number of thioether (sulfide) groups is 1. The summed E-state index contributed by atoms with van der Waals surface area (Å²) in [6.07, 6.45) is 1.86. The molecule has 25 heavy (non-hydrogen) atoms. The quantitative estimate of drug-likeness (QED) is 0.354. The average Bonchev–Trinajstić information content (AvgIpc) is 2.60. The molecule has 0 heterocycles. The summed E-state index contributed by atoms with van der Waals surface area (Å²) in [6, 6.07) is 10.2. The van der Waals surface area contributed by atoms with Gasteiger partial charge in [-0.25, -0.2) is 4.79 Å². The Hall–Kier alpha value is -2.58. The van der Waals surface area contributed by atoms with Gasteiger partial charge in [0.25, 0.3) is 11.6 Å². The molecule has 1 N–H and O–H groups in total. The molecule has 7 nitrogen and oxygen atoms in total. The van der Waals surface area contributed by atoms with Crippen LogP contribution in [-0.2, 0) is 9.53 Å². The number of hydrogen-bond acceptors (Lipinski definition) is 6. The van der Waals surface area contributed by atoms with Crippen molar-refractivity contribution >= 4 is 46.6 Å². The van der Waals surface area contributed by atoms with Gasteiger partial charge in [-0.3, -0.25) is 14.9 Å². The Morgan fingerprint density at radius 3 is 2.52 bits per heavy atom. The van der Waals surface area contributed by atoms with E-state index in [0.29, 0.717) is 5.69 Å². The van der Waals surface area contributed by atoms with Crippen LogP contribution < -0.4 is 5.32 Å². The van der Waals surface area contributed by atoms with Crippen LogP contribution in [0.3, 0.4) is 0 Å². The van der Waals surface area contributed by atoms with Gasteiger partial charge in [0.05, 0.1) is 15.5 Å². The summed E-state index contributed by atoms with van der Waals surface area (Å²) in [4.78, 5) is 34.7.